The summed E-state index contributed by atoms with van der Waals surface area (Å²) in [6, 6.07) is 0.362. The van der Waals surface area contributed by atoms with Gasteiger partial charge in [-0.3, -0.25) is 18.5 Å². The molecule has 1 aliphatic heterocycles. The Morgan fingerprint density at radius 2 is 2.05 bits per heavy atom. The fourth-order valence-corrected chi connectivity index (χ4v) is 2.46. The van der Waals surface area contributed by atoms with Crippen molar-refractivity contribution in [2.75, 3.05) is 6.61 Å². The van der Waals surface area contributed by atoms with E-state index in [1.165, 1.54) is 11.6 Å². The standard InChI is InChI=1S/C13H18N4O4/c1-7(2)20-6-8-5-17-9-10(14-12(17)21-8)15(3)13(19)16(4)11(9)18/h7-8H,5-6H2,1-4H3/t8-/m0/s1. The van der Waals surface area contributed by atoms with Gasteiger partial charge >= 0.3 is 5.69 Å². The molecule has 0 amide bonds. The molecule has 0 saturated heterocycles. The Balaban J connectivity index is 2.05. The zero-order valence-corrected chi connectivity index (χ0v) is 12.5. The van der Waals surface area contributed by atoms with Crippen molar-refractivity contribution < 1.29 is 9.47 Å². The van der Waals surface area contributed by atoms with Crippen LogP contribution in [0.2, 0.25) is 0 Å². The maximum Gasteiger partial charge on any atom is 0.332 e. The van der Waals surface area contributed by atoms with Crippen molar-refractivity contribution >= 4 is 11.2 Å². The van der Waals surface area contributed by atoms with E-state index in [9.17, 15) is 9.59 Å². The summed E-state index contributed by atoms with van der Waals surface area (Å²) < 4.78 is 15.4. The van der Waals surface area contributed by atoms with Crippen LogP contribution in [0.15, 0.2) is 9.59 Å². The smallest absolute Gasteiger partial charge is 0.332 e. The Morgan fingerprint density at radius 1 is 1.33 bits per heavy atom. The number of nitrogens with zero attached hydrogens (tertiary/aromatic N) is 4. The van der Waals surface area contributed by atoms with Crippen LogP contribution in [0.3, 0.4) is 0 Å². The lowest BCUT2D eigenvalue weighted by atomic mass is 10.3. The minimum Gasteiger partial charge on any atom is -0.457 e. The van der Waals surface area contributed by atoms with Crippen molar-refractivity contribution in [2.45, 2.75) is 32.6 Å². The molecule has 3 heterocycles. The third-order valence-corrected chi connectivity index (χ3v) is 3.59. The highest BCUT2D eigenvalue weighted by Crippen LogP contribution is 2.25. The zero-order chi connectivity index (χ0) is 15.3. The number of fused-ring (bicyclic) bond motifs is 3. The number of hydrogen-bond acceptors (Lipinski definition) is 5. The molecule has 8 heteroatoms. The third-order valence-electron chi connectivity index (χ3n) is 3.59. The Labute approximate surface area is 120 Å². The van der Waals surface area contributed by atoms with Crippen molar-refractivity contribution in [3.8, 4) is 6.01 Å². The summed E-state index contributed by atoms with van der Waals surface area (Å²) in [5, 5.41) is 0. The molecule has 1 atom stereocenters. The highest BCUT2D eigenvalue weighted by molar-refractivity contribution is 5.72. The first-order chi connectivity index (χ1) is 9.90. The molecule has 114 valence electrons. The first-order valence-corrected chi connectivity index (χ1v) is 6.84. The number of rotatable bonds is 3. The number of aromatic nitrogens is 4. The lowest BCUT2D eigenvalue weighted by Gasteiger charge is -2.12. The van der Waals surface area contributed by atoms with Crippen LogP contribution in [0.4, 0.5) is 0 Å². The summed E-state index contributed by atoms with van der Waals surface area (Å²) in [6.45, 7) is 4.84. The van der Waals surface area contributed by atoms with Gasteiger partial charge in [-0.15, -0.1) is 0 Å². The number of hydrogen-bond donors (Lipinski definition) is 0. The van der Waals surface area contributed by atoms with Crippen LogP contribution in [-0.4, -0.2) is 37.5 Å². The maximum absolute atomic E-state index is 12.3. The second-order valence-electron chi connectivity index (χ2n) is 5.50. The molecule has 2 aromatic rings. The normalized spacial score (nSPS) is 17.5. The summed E-state index contributed by atoms with van der Waals surface area (Å²) in [6.07, 6.45) is -0.0480. The van der Waals surface area contributed by atoms with E-state index in [0.29, 0.717) is 30.3 Å². The second-order valence-corrected chi connectivity index (χ2v) is 5.50. The van der Waals surface area contributed by atoms with Gasteiger partial charge in [0.1, 0.15) is 6.10 Å². The largest absolute Gasteiger partial charge is 0.457 e. The molecule has 2 aromatic heterocycles. The van der Waals surface area contributed by atoms with E-state index < -0.39 is 5.69 Å². The van der Waals surface area contributed by atoms with E-state index in [2.05, 4.69) is 4.98 Å². The van der Waals surface area contributed by atoms with Gasteiger partial charge in [0.05, 0.1) is 19.3 Å². The molecule has 8 nitrogen and oxygen atoms in total. The first kappa shape index (κ1) is 13.9. The summed E-state index contributed by atoms with van der Waals surface area (Å²) in [4.78, 5) is 28.5. The summed E-state index contributed by atoms with van der Waals surface area (Å²) in [5.74, 6) is 0. The number of aryl methyl sites for hydroxylation is 1. The van der Waals surface area contributed by atoms with Crippen LogP contribution in [0, 0.1) is 0 Å². The molecule has 0 radical (unpaired) electrons. The van der Waals surface area contributed by atoms with Crippen LogP contribution in [0.5, 0.6) is 6.01 Å². The van der Waals surface area contributed by atoms with Crippen molar-refractivity contribution in [3.63, 3.8) is 0 Å². The molecule has 0 saturated carbocycles. The van der Waals surface area contributed by atoms with Gasteiger partial charge in [0.15, 0.2) is 11.2 Å². The van der Waals surface area contributed by atoms with Crippen LogP contribution < -0.4 is 16.0 Å². The average molecular weight is 294 g/mol. The fourth-order valence-electron chi connectivity index (χ4n) is 2.46. The first-order valence-electron chi connectivity index (χ1n) is 6.84. The molecule has 0 bridgehead atoms. The molecule has 0 spiro atoms. The fraction of sp³-hybridized carbons (Fsp3) is 0.615. The predicted molar refractivity (Wildman–Crippen MR) is 75.7 cm³/mol. The Kier molecular flexibility index (Phi) is 3.12. The molecule has 0 N–H and O–H groups in total. The Morgan fingerprint density at radius 3 is 2.71 bits per heavy atom. The summed E-state index contributed by atoms with van der Waals surface area (Å²) >= 11 is 0. The van der Waals surface area contributed by atoms with Gasteiger partial charge in [-0.2, -0.15) is 4.98 Å². The molecule has 0 unspecified atom stereocenters. The van der Waals surface area contributed by atoms with Gasteiger partial charge in [-0.1, -0.05) is 0 Å². The molecule has 3 rings (SSSR count). The monoisotopic (exact) mass is 294 g/mol. The van der Waals surface area contributed by atoms with Gasteiger partial charge in [0.25, 0.3) is 11.6 Å². The second kappa shape index (κ2) is 4.73. The lowest BCUT2D eigenvalue weighted by Crippen LogP contribution is -2.37. The third kappa shape index (κ3) is 2.06. The highest BCUT2D eigenvalue weighted by Gasteiger charge is 2.29. The quantitative estimate of drug-likeness (QED) is 0.771. The highest BCUT2D eigenvalue weighted by atomic mass is 16.6. The molecule has 0 fully saturated rings. The zero-order valence-electron chi connectivity index (χ0n) is 12.5. The van der Waals surface area contributed by atoms with Gasteiger partial charge < -0.3 is 9.47 Å². The predicted octanol–water partition coefficient (Wildman–Crippen LogP) is -0.380. The molecule has 21 heavy (non-hydrogen) atoms. The van der Waals surface area contributed by atoms with E-state index in [1.54, 1.807) is 11.6 Å². The van der Waals surface area contributed by atoms with Gasteiger partial charge in [0.2, 0.25) is 0 Å². The van der Waals surface area contributed by atoms with E-state index in [-0.39, 0.29) is 17.8 Å². The Bertz CT molecular complexity index is 814. The van der Waals surface area contributed by atoms with Gasteiger partial charge in [-0.05, 0) is 13.8 Å². The van der Waals surface area contributed by atoms with E-state index >= 15 is 0 Å². The molecule has 0 aromatic carbocycles. The van der Waals surface area contributed by atoms with Crippen LogP contribution in [0.1, 0.15) is 13.8 Å². The molecular formula is C13H18N4O4. The van der Waals surface area contributed by atoms with E-state index in [4.69, 9.17) is 9.47 Å². The van der Waals surface area contributed by atoms with Crippen molar-refractivity contribution in [1.29, 1.82) is 0 Å². The molecular weight excluding hydrogens is 276 g/mol. The minimum atomic E-state index is -0.399. The van der Waals surface area contributed by atoms with Crippen molar-refractivity contribution in [1.82, 2.24) is 18.7 Å². The molecule has 0 aliphatic carbocycles. The number of imidazole rings is 1. The van der Waals surface area contributed by atoms with E-state index in [1.807, 2.05) is 13.8 Å². The van der Waals surface area contributed by atoms with Crippen LogP contribution in [-0.2, 0) is 25.4 Å². The van der Waals surface area contributed by atoms with Crippen LogP contribution >= 0.6 is 0 Å². The minimum absolute atomic E-state index is 0.118. The summed E-state index contributed by atoms with van der Waals surface area (Å²) in [5.41, 5.74) is -0.0205. The topological polar surface area (TPSA) is 80.3 Å². The maximum atomic E-state index is 12.3. The van der Waals surface area contributed by atoms with Crippen molar-refractivity contribution in [3.05, 3.63) is 20.8 Å². The number of ether oxygens (including phenoxy) is 2. The average Bonchev–Trinajstić information content (AvgIpc) is 2.97. The van der Waals surface area contributed by atoms with Gasteiger partial charge in [-0.25, -0.2) is 4.79 Å². The van der Waals surface area contributed by atoms with Gasteiger partial charge in [0, 0.05) is 14.1 Å². The van der Waals surface area contributed by atoms with Crippen molar-refractivity contribution in [2.24, 2.45) is 14.1 Å². The SMILES string of the molecule is CC(C)OC[C@@H]1Cn2c(nc3c2c(=O)n(C)c(=O)n3C)O1. The lowest BCUT2D eigenvalue weighted by molar-refractivity contribution is 0.0224. The summed E-state index contributed by atoms with van der Waals surface area (Å²) in [7, 11) is 3.05. The van der Waals surface area contributed by atoms with E-state index in [0.717, 1.165) is 4.57 Å². The molecule has 1 aliphatic rings. The van der Waals surface area contributed by atoms with Crippen LogP contribution in [0.25, 0.3) is 11.2 Å². The Hall–Kier alpha value is -2.09.